The third-order valence-electron chi connectivity index (χ3n) is 3.54. The first kappa shape index (κ1) is 16.5. The zero-order chi connectivity index (χ0) is 16.3. The van der Waals surface area contributed by atoms with Gasteiger partial charge in [-0.1, -0.05) is 12.8 Å². The van der Waals surface area contributed by atoms with E-state index in [-0.39, 0.29) is 0 Å². The van der Waals surface area contributed by atoms with E-state index in [4.69, 9.17) is 0 Å². The molecule has 0 aliphatic heterocycles. The molecular formula is C14H15F4NO3. The second-order valence-electron chi connectivity index (χ2n) is 5.04. The highest BCUT2D eigenvalue weighted by molar-refractivity contribution is 5.95. The van der Waals surface area contributed by atoms with E-state index in [0.717, 1.165) is 12.8 Å². The first-order valence-electron chi connectivity index (χ1n) is 6.82. The Labute approximate surface area is 124 Å². The second-order valence-corrected chi connectivity index (χ2v) is 5.04. The minimum absolute atomic E-state index is 0.476. The SMILES string of the molecule is O=C(NC1CCCCC1O)c1c(F)ccc(OC(F)F)c1F. The lowest BCUT2D eigenvalue weighted by Gasteiger charge is -2.28. The van der Waals surface area contributed by atoms with Crippen molar-refractivity contribution in [1.29, 1.82) is 0 Å². The van der Waals surface area contributed by atoms with Gasteiger partial charge >= 0.3 is 6.61 Å². The van der Waals surface area contributed by atoms with Gasteiger partial charge in [-0.3, -0.25) is 4.79 Å². The van der Waals surface area contributed by atoms with Crippen molar-refractivity contribution in [3.63, 3.8) is 0 Å². The Kier molecular flexibility index (Phi) is 5.23. The fourth-order valence-corrected chi connectivity index (χ4v) is 2.45. The van der Waals surface area contributed by atoms with Crippen molar-refractivity contribution in [3.05, 3.63) is 29.3 Å². The van der Waals surface area contributed by atoms with E-state index in [1.807, 2.05) is 0 Å². The van der Waals surface area contributed by atoms with Crippen LogP contribution in [0.15, 0.2) is 12.1 Å². The van der Waals surface area contributed by atoms with Crippen molar-refractivity contribution in [1.82, 2.24) is 5.32 Å². The molecule has 1 aromatic rings. The van der Waals surface area contributed by atoms with Crippen LogP contribution >= 0.6 is 0 Å². The molecule has 0 heterocycles. The monoisotopic (exact) mass is 321 g/mol. The normalized spacial score (nSPS) is 21.7. The highest BCUT2D eigenvalue weighted by Gasteiger charge is 2.28. The van der Waals surface area contributed by atoms with Crippen LogP contribution in [-0.2, 0) is 0 Å². The Hall–Kier alpha value is -1.83. The number of benzene rings is 1. The molecule has 22 heavy (non-hydrogen) atoms. The molecule has 122 valence electrons. The number of ether oxygens (including phenoxy) is 1. The maximum absolute atomic E-state index is 14.0. The molecule has 1 fully saturated rings. The number of carbonyl (C=O) groups is 1. The van der Waals surface area contributed by atoms with Crippen molar-refractivity contribution < 1.29 is 32.2 Å². The predicted octanol–water partition coefficient (Wildman–Crippen LogP) is 2.60. The lowest BCUT2D eigenvalue weighted by Crippen LogP contribution is -2.45. The topological polar surface area (TPSA) is 58.6 Å². The zero-order valence-electron chi connectivity index (χ0n) is 11.5. The molecule has 2 rings (SSSR count). The first-order valence-corrected chi connectivity index (χ1v) is 6.82. The molecule has 0 bridgehead atoms. The second kappa shape index (κ2) is 6.95. The number of hydrogen-bond acceptors (Lipinski definition) is 3. The van der Waals surface area contributed by atoms with Gasteiger partial charge in [-0.05, 0) is 25.0 Å². The van der Waals surface area contributed by atoms with Crippen molar-refractivity contribution in [2.24, 2.45) is 0 Å². The third-order valence-corrected chi connectivity index (χ3v) is 3.54. The lowest BCUT2D eigenvalue weighted by molar-refractivity contribution is -0.0523. The Balaban J connectivity index is 2.21. The fourth-order valence-electron chi connectivity index (χ4n) is 2.45. The van der Waals surface area contributed by atoms with Crippen LogP contribution < -0.4 is 10.1 Å². The Morgan fingerprint density at radius 3 is 2.59 bits per heavy atom. The number of carbonyl (C=O) groups excluding carboxylic acids is 1. The average Bonchev–Trinajstić information content (AvgIpc) is 2.44. The van der Waals surface area contributed by atoms with Crippen LogP contribution in [0.2, 0.25) is 0 Å². The molecule has 1 aliphatic rings. The molecule has 0 saturated heterocycles. The van der Waals surface area contributed by atoms with E-state index in [0.29, 0.717) is 25.0 Å². The smallest absolute Gasteiger partial charge is 0.387 e. The molecule has 4 nitrogen and oxygen atoms in total. The van der Waals surface area contributed by atoms with Crippen LogP contribution in [0.3, 0.4) is 0 Å². The largest absolute Gasteiger partial charge is 0.432 e. The summed E-state index contributed by atoms with van der Waals surface area (Å²) >= 11 is 0. The van der Waals surface area contributed by atoms with Crippen molar-refractivity contribution in [2.75, 3.05) is 0 Å². The Morgan fingerprint density at radius 1 is 1.27 bits per heavy atom. The van der Waals surface area contributed by atoms with E-state index in [1.54, 1.807) is 0 Å². The number of nitrogens with one attached hydrogen (secondary N) is 1. The molecule has 0 aromatic heterocycles. The molecule has 2 N–H and O–H groups in total. The third kappa shape index (κ3) is 3.68. The van der Waals surface area contributed by atoms with Crippen molar-refractivity contribution in [3.8, 4) is 5.75 Å². The number of alkyl halides is 2. The standard InChI is InChI=1S/C14H15F4NO3/c15-7-5-6-10(22-14(17)18)12(16)11(7)13(21)19-8-3-1-2-4-9(8)20/h5-6,8-9,14,20H,1-4H2,(H,19,21). The van der Waals surface area contributed by atoms with Gasteiger partial charge in [0.25, 0.3) is 5.91 Å². The highest BCUT2D eigenvalue weighted by atomic mass is 19.3. The molecule has 1 aliphatic carbocycles. The lowest BCUT2D eigenvalue weighted by atomic mass is 9.92. The summed E-state index contributed by atoms with van der Waals surface area (Å²) in [6.07, 6.45) is 1.72. The van der Waals surface area contributed by atoms with Gasteiger partial charge in [0.15, 0.2) is 11.6 Å². The number of rotatable bonds is 4. The number of aliphatic hydroxyl groups excluding tert-OH is 1. The van der Waals surface area contributed by atoms with Crippen molar-refractivity contribution in [2.45, 2.75) is 44.4 Å². The molecule has 0 spiro atoms. The molecule has 2 unspecified atom stereocenters. The number of hydrogen-bond donors (Lipinski definition) is 2. The van der Waals surface area contributed by atoms with Gasteiger partial charge in [-0.25, -0.2) is 8.78 Å². The summed E-state index contributed by atoms with van der Waals surface area (Å²) in [5, 5.41) is 12.1. The maximum atomic E-state index is 14.0. The Bertz CT molecular complexity index is 553. The minimum atomic E-state index is -3.30. The van der Waals surface area contributed by atoms with Gasteiger partial charge in [0.2, 0.25) is 0 Å². The summed E-state index contributed by atoms with van der Waals surface area (Å²) in [7, 11) is 0. The van der Waals surface area contributed by atoms with Gasteiger partial charge in [0.1, 0.15) is 11.4 Å². The van der Waals surface area contributed by atoms with Gasteiger partial charge in [0.05, 0.1) is 12.1 Å². The molecule has 2 atom stereocenters. The highest BCUT2D eigenvalue weighted by Crippen LogP contribution is 2.26. The van der Waals surface area contributed by atoms with Gasteiger partial charge < -0.3 is 15.2 Å². The van der Waals surface area contributed by atoms with E-state index >= 15 is 0 Å². The van der Waals surface area contributed by atoms with E-state index in [9.17, 15) is 27.5 Å². The molecule has 8 heteroatoms. The van der Waals surface area contributed by atoms with Crippen LogP contribution in [0.4, 0.5) is 17.6 Å². The molecule has 1 amide bonds. The van der Waals surface area contributed by atoms with Crippen LogP contribution in [0.5, 0.6) is 5.75 Å². The van der Waals surface area contributed by atoms with Crippen LogP contribution in [0, 0.1) is 11.6 Å². The van der Waals surface area contributed by atoms with Crippen LogP contribution in [0.1, 0.15) is 36.0 Å². The molecule has 1 saturated carbocycles. The van der Waals surface area contributed by atoms with Gasteiger partial charge in [-0.2, -0.15) is 8.78 Å². The summed E-state index contributed by atoms with van der Waals surface area (Å²) in [6, 6.07) is 0.732. The zero-order valence-corrected chi connectivity index (χ0v) is 11.5. The minimum Gasteiger partial charge on any atom is -0.432 e. The number of aliphatic hydroxyl groups is 1. The predicted molar refractivity (Wildman–Crippen MR) is 68.7 cm³/mol. The van der Waals surface area contributed by atoms with E-state index in [1.165, 1.54) is 0 Å². The summed E-state index contributed by atoms with van der Waals surface area (Å²) in [4.78, 5) is 12.0. The summed E-state index contributed by atoms with van der Waals surface area (Å²) < 4.78 is 55.8. The maximum Gasteiger partial charge on any atom is 0.387 e. The van der Waals surface area contributed by atoms with Crippen molar-refractivity contribution >= 4 is 5.91 Å². The van der Waals surface area contributed by atoms with Gasteiger partial charge in [0, 0.05) is 0 Å². The Morgan fingerprint density at radius 2 is 1.95 bits per heavy atom. The summed E-state index contributed by atoms with van der Waals surface area (Å²) in [5.74, 6) is -4.71. The van der Waals surface area contributed by atoms with E-state index < -0.39 is 47.6 Å². The summed E-state index contributed by atoms with van der Waals surface area (Å²) in [5.41, 5.74) is -1.00. The van der Waals surface area contributed by atoms with Crippen LogP contribution in [0.25, 0.3) is 0 Å². The number of halogens is 4. The number of amides is 1. The molecular weight excluding hydrogens is 306 g/mol. The molecule has 0 radical (unpaired) electrons. The fraction of sp³-hybridized carbons (Fsp3) is 0.500. The quantitative estimate of drug-likeness (QED) is 0.838. The average molecular weight is 321 g/mol. The van der Waals surface area contributed by atoms with Gasteiger partial charge in [-0.15, -0.1) is 0 Å². The summed E-state index contributed by atoms with van der Waals surface area (Å²) in [6.45, 7) is -3.30. The first-order chi connectivity index (χ1) is 10.4. The van der Waals surface area contributed by atoms with E-state index in [2.05, 4.69) is 10.1 Å². The van der Waals surface area contributed by atoms with Crippen LogP contribution in [-0.4, -0.2) is 29.8 Å². The molecule has 1 aromatic carbocycles.